The van der Waals surface area contributed by atoms with Crippen molar-refractivity contribution in [2.45, 2.75) is 45.3 Å². The molecule has 1 aliphatic rings. The minimum absolute atomic E-state index is 0.0144. The molecule has 104 valence electrons. The highest BCUT2D eigenvalue weighted by Gasteiger charge is 2.28. The molecule has 6 heteroatoms. The summed E-state index contributed by atoms with van der Waals surface area (Å²) >= 11 is 0. The first-order valence-electron chi connectivity index (χ1n) is 6.20. The monoisotopic (exact) mass is 258 g/mol. The first-order chi connectivity index (χ1) is 8.31. The van der Waals surface area contributed by atoms with Crippen LogP contribution in [0, 0.1) is 5.92 Å². The van der Waals surface area contributed by atoms with E-state index in [1.165, 1.54) is 0 Å². The van der Waals surface area contributed by atoms with Crippen molar-refractivity contribution < 1.29 is 19.4 Å². The fraction of sp³-hybridized carbons (Fsp3) is 0.833. The summed E-state index contributed by atoms with van der Waals surface area (Å²) in [5.74, 6) is -0.156. The highest BCUT2D eigenvalue weighted by molar-refractivity contribution is 5.80. The number of nitrogens with one attached hydrogen (secondary N) is 2. The van der Waals surface area contributed by atoms with Crippen LogP contribution in [-0.2, 0) is 9.53 Å². The van der Waals surface area contributed by atoms with E-state index >= 15 is 0 Å². The summed E-state index contributed by atoms with van der Waals surface area (Å²) in [6.07, 6.45) is 0.604. The molecule has 1 fully saturated rings. The predicted octanol–water partition coefficient (Wildman–Crippen LogP) is 0.398. The number of carbonyl (C=O) groups excluding carboxylic acids is 2. The highest BCUT2D eigenvalue weighted by Crippen LogP contribution is 2.16. The van der Waals surface area contributed by atoms with E-state index in [-0.39, 0.29) is 18.4 Å². The normalized spacial score (nSPS) is 21.3. The Morgan fingerprint density at radius 1 is 1.61 bits per heavy atom. The molecule has 0 saturated carbocycles. The van der Waals surface area contributed by atoms with Gasteiger partial charge in [-0.25, -0.2) is 4.79 Å². The van der Waals surface area contributed by atoms with Gasteiger partial charge >= 0.3 is 6.09 Å². The van der Waals surface area contributed by atoms with Gasteiger partial charge in [-0.1, -0.05) is 0 Å². The van der Waals surface area contributed by atoms with E-state index in [9.17, 15) is 14.7 Å². The average molecular weight is 258 g/mol. The lowest BCUT2D eigenvalue weighted by atomic mass is 9.99. The van der Waals surface area contributed by atoms with Crippen molar-refractivity contribution in [2.24, 2.45) is 5.92 Å². The zero-order valence-electron chi connectivity index (χ0n) is 11.2. The number of ether oxygens (including phenoxy) is 1. The second-order valence-electron chi connectivity index (χ2n) is 5.54. The van der Waals surface area contributed by atoms with Crippen LogP contribution in [0.4, 0.5) is 4.79 Å². The van der Waals surface area contributed by atoms with Gasteiger partial charge in [-0.2, -0.15) is 0 Å². The highest BCUT2D eigenvalue weighted by atomic mass is 16.6. The van der Waals surface area contributed by atoms with Crippen molar-refractivity contribution in [3.8, 4) is 0 Å². The number of aliphatic hydroxyl groups excluding tert-OH is 1. The van der Waals surface area contributed by atoms with Gasteiger partial charge in [0.1, 0.15) is 5.60 Å². The van der Waals surface area contributed by atoms with Gasteiger partial charge in [0.2, 0.25) is 5.91 Å². The van der Waals surface area contributed by atoms with Gasteiger partial charge in [0.15, 0.2) is 0 Å². The molecule has 6 nitrogen and oxygen atoms in total. The standard InChI is InChI=1S/C12H22N2O4/c1-12(2,3)18-11(17)14-9(7-15)6-8-4-5-13-10(8)16/h8-9,15H,4-7H2,1-3H3,(H,13,16)(H,14,17)/t8?,9-/m0/s1. The smallest absolute Gasteiger partial charge is 0.407 e. The van der Waals surface area contributed by atoms with Gasteiger partial charge in [0.25, 0.3) is 0 Å². The molecule has 0 aromatic heterocycles. The lowest BCUT2D eigenvalue weighted by molar-refractivity contribution is -0.122. The second kappa shape index (κ2) is 6.04. The van der Waals surface area contributed by atoms with Crippen molar-refractivity contribution in [2.75, 3.05) is 13.2 Å². The summed E-state index contributed by atoms with van der Waals surface area (Å²) in [7, 11) is 0. The maximum atomic E-state index is 11.5. The van der Waals surface area contributed by atoms with Crippen LogP contribution in [0.2, 0.25) is 0 Å². The van der Waals surface area contributed by atoms with Crippen LogP contribution in [0.1, 0.15) is 33.6 Å². The largest absolute Gasteiger partial charge is 0.444 e. The number of amides is 2. The van der Waals surface area contributed by atoms with E-state index in [0.717, 1.165) is 6.42 Å². The van der Waals surface area contributed by atoms with E-state index in [2.05, 4.69) is 10.6 Å². The molecule has 1 heterocycles. The van der Waals surface area contributed by atoms with Gasteiger partial charge in [-0.05, 0) is 33.6 Å². The SMILES string of the molecule is CC(C)(C)OC(=O)N[C@H](CO)CC1CCNC1=O. The predicted molar refractivity (Wildman–Crippen MR) is 66.0 cm³/mol. The third kappa shape index (κ3) is 4.91. The molecule has 3 N–H and O–H groups in total. The molecule has 1 unspecified atom stereocenters. The Kier molecular flexibility index (Phi) is 4.95. The van der Waals surface area contributed by atoms with Gasteiger partial charge < -0.3 is 20.5 Å². The molecular weight excluding hydrogens is 236 g/mol. The zero-order chi connectivity index (χ0) is 13.8. The molecule has 0 radical (unpaired) electrons. The maximum Gasteiger partial charge on any atom is 0.407 e. The molecule has 18 heavy (non-hydrogen) atoms. The first kappa shape index (κ1) is 14.8. The fourth-order valence-corrected chi connectivity index (χ4v) is 1.87. The number of aliphatic hydroxyl groups is 1. The Balaban J connectivity index is 2.42. The second-order valence-corrected chi connectivity index (χ2v) is 5.54. The van der Waals surface area contributed by atoms with Crippen molar-refractivity contribution in [1.29, 1.82) is 0 Å². The van der Waals surface area contributed by atoms with Gasteiger partial charge in [0, 0.05) is 12.5 Å². The van der Waals surface area contributed by atoms with Crippen LogP contribution in [0.25, 0.3) is 0 Å². The summed E-state index contributed by atoms with van der Waals surface area (Å²) < 4.78 is 5.10. The van der Waals surface area contributed by atoms with Crippen LogP contribution in [0.5, 0.6) is 0 Å². The Labute approximate surface area is 107 Å². The summed E-state index contributed by atoms with van der Waals surface area (Å²) in [4.78, 5) is 22.9. The summed E-state index contributed by atoms with van der Waals surface area (Å²) in [6.45, 7) is 5.76. The summed E-state index contributed by atoms with van der Waals surface area (Å²) in [5.41, 5.74) is -0.575. The van der Waals surface area contributed by atoms with Crippen molar-refractivity contribution >= 4 is 12.0 Å². The molecule has 1 saturated heterocycles. The van der Waals surface area contributed by atoms with Crippen molar-refractivity contribution in [3.05, 3.63) is 0 Å². The topological polar surface area (TPSA) is 87.7 Å². The van der Waals surface area contributed by atoms with Crippen LogP contribution in [-0.4, -0.2) is 41.9 Å². The lowest BCUT2D eigenvalue weighted by Crippen LogP contribution is -2.42. The molecule has 0 aromatic carbocycles. The summed E-state index contributed by atoms with van der Waals surface area (Å²) in [5, 5.41) is 14.5. The van der Waals surface area contributed by atoms with E-state index in [0.29, 0.717) is 13.0 Å². The number of alkyl carbamates (subject to hydrolysis) is 1. The first-order valence-corrected chi connectivity index (χ1v) is 6.20. The Morgan fingerprint density at radius 3 is 2.72 bits per heavy atom. The molecule has 2 amide bonds. The number of hydrogen-bond donors (Lipinski definition) is 3. The third-order valence-electron chi connectivity index (χ3n) is 2.67. The lowest BCUT2D eigenvalue weighted by Gasteiger charge is -2.23. The molecule has 0 aliphatic carbocycles. The minimum Gasteiger partial charge on any atom is -0.444 e. The van der Waals surface area contributed by atoms with E-state index < -0.39 is 17.7 Å². The Hall–Kier alpha value is -1.30. The number of rotatable bonds is 4. The van der Waals surface area contributed by atoms with Crippen molar-refractivity contribution in [3.63, 3.8) is 0 Å². The van der Waals surface area contributed by atoms with Crippen molar-refractivity contribution in [1.82, 2.24) is 10.6 Å². The summed E-state index contributed by atoms with van der Waals surface area (Å²) in [6, 6.07) is -0.450. The zero-order valence-corrected chi connectivity index (χ0v) is 11.2. The quantitative estimate of drug-likeness (QED) is 0.681. The van der Waals surface area contributed by atoms with E-state index in [4.69, 9.17) is 4.74 Å². The van der Waals surface area contributed by atoms with E-state index in [1.54, 1.807) is 20.8 Å². The van der Waals surface area contributed by atoms with Gasteiger partial charge in [0.05, 0.1) is 12.6 Å². The van der Waals surface area contributed by atoms with Gasteiger partial charge in [-0.15, -0.1) is 0 Å². The molecule has 2 atom stereocenters. The molecule has 0 spiro atoms. The fourth-order valence-electron chi connectivity index (χ4n) is 1.87. The van der Waals surface area contributed by atoms with Crippen LogP contribution >= 0.6 is 0 Å². The Morgan fingerprint density at radius 2 is 2.28 bits per heavy atom. The molecule has 1 aliphatic heterocycles. The minimum atomic E-state index is -0.575. The molecule has 0 aromatic rings. The van der Waals surface area contributed by atoms with Crippen LogP contribution in [0.15, 0.2) is 0 Å². The molecule has 1 rings (SSSR count). The van der Waals surface area contributed by atoms with Gasteiger partial charge in [-0.3, -0.25) is 4.79 Å². The number of hydrogen-bond acceptors (Lipinski definition) is 4. The number of carbonyl (C=O) groups is 2. The molecule has 0 bridgehead atoms. The van der Waals surface area contributed by atoms with Crippen LogP contribution < -0.4 is 10.6 Å². The Bertz CT molecular complexity index is 312. The maximum absolute atomic E-state index is 11.5. The average Bonchev–Trinajstić information content (AvgIpc) is 2.60. The van der Waals surface area contributed by atoms with Crippen LogP contribution in [0.3, 0.4) is 0 Å². The third-order valence-corrected chi connectivity index (χ3v) is 2.67. The van der Waals surface area contributed by atoms with E-state index in [1.807, 2.05) is 0 Å². The molecular formula is C12H22N2O4.